The third-order valence-corrected chi connectivity index (χ3v) is 5.44. The fourth-order valence-electron chi connectivity index (χ4n) is 4.15. The summed E-state index contributed by atoms with van der Waals surface area (Å²) in [6, 6.07) is 10.5. The molecule has 0 bridgehead atoms. The van der Waals surface area contributed by atoms with Gasteiger partial charge >= 0.3 is 0 Å². The summed E-state index contributed by atoms with van der Waals surface area (Å²) >= 11 is 0. The minimum atomic E-state index is -0.0140. The quantitative estimate of drug-likeness (QED) is 0.399. The predicted octanol–water partition coefficient (Wildman–Crippen LogP) is 3.50. The van der Waals surface area contributed by atoms with E-state index >= 15 is 0 Å². The Hall–Kier alpha value is -1.77. The van der Waals surface area contributed by atoms with Crippen LogP contribution in [-0.4, -0.2) is 34.9 Å². The maximum atomic E-state index is 6.44. The largest absolute Gasteiger partial charge is 0.487 e. The van der Waals surface area contributed by atoms with Crippen LogP contribution in [-0.2, 0) is 6.54 Å². The van der Waals surface area contributed by atoms with Gasteiger partial charge in [0.2, 0.25) is 0 Å². The molecule has 0 amide bonds. The third-order valence-electron chi connectivity index (χ3n) is 5.44. The Morgan fingerprint density at radius 3 is 2.85 bits per heavy atom. The normalized spacial score (nSPS) is 20.5. The maximum Gasteiger partial charge on any atom is 0.191 e. The number of hydrogen-bond donors (Lipinski definition) is 2. The van der Waals surface area contributed by atoms with E-state index in [4.69, 9.17) is 4.74 Å². The second kappa shape index (κ2) is 8.95. The highest BCUT2D eigenvalue weighted by Gasteiger charge is 2.43. The van der Waals surface area contributed by atoms with Gasteiger partial charge in [0, 0.05) is 38.0 Å². The Labute approximate surface area is 177 Å². The van der Waals surface area contributed by atoms with Crippen LogP contribution in [0.2, 0.25) is 0 Å². The number of aromatic nitrogens is 2. The van der Waals surface area contributed by atoms with Crippen LogP contribution in [0.25, 0.3) is 0 Å². The van der Waals surface area contributed by atoms with E-state index in [0.717, 1.165) is 44.1 Å². The molecule has 2 aliphatic rings. The number of halogens is 1. The van der Waals surface area contributed by atoms with Crippen molar-refractivity contribution in [2.45, 2.75) is 50.3 Å². The summed E-state index contributed by atoms with van der Waals surface area (Å²) in [4.78, 5) is 4.41. The molecule has 27 heavy (non-hydrogen) atoms. The van der Waals surface area contributed by atoms with E-state index in [-0.39, 0.29) is 35.6 Å². The molecule has 0 saturated heterocycles. The fraction of sp³-hybridized carbons (Fsp3) is 0.500. The van der Waals surface area contributed by atoms with E-state index in [1.54, 1.807) is 6.20 Å². The Morgan fingerprint density at radius 2 is 2.11 bits per heavy atom. The minimum Gasteiger partial charge on any atom is -0.487 e. The Bertz CT molecular complexity index is 755. The number of rotatable bonds is 4. The second-order valence-electron chi connectivity index (χ2n) is 7.20. The lowest BCUT2D eigenvalue weighted by atomic mass is 9.86. The summed E-state index contributed by atoms with van der Waals surface area (Å²) < 4.78 is 8.36. The Balaban J connectivity index is 0.00000210. The third kappa shape index (κ3) is 4.56. The van der Waals surface area contributed by atoms with Gasteiger partial charge in [0.05, 0.1) is 12.6 Å². The zero-order valence-electron chi connectivity index (χ0n) is 15.7. The number of nitrogens with one attached hydrogen (secondary N) is 2. The lowest BCUT2D eigenvalue weighted by Gasteiger charge is -2.40. The molecule has 2 N–H and O–H groups in total. The lowest BCUT2D eigenvalue weighted by Crippen LogP contribution is -2.47. The number of nitrogens with zero attached hydrogens (tertiary/aromatic N) is 3. The van der Waals surface area contributed by atoms with Gasteiger partial charge in [-0.25, -0.2) is 0 Å². The van der Waals surface area contributed by atoms with E-state index in [1.807, 2.05) is 24.0 Å². The van der Waals surface area contributed by atoms with Crippen LogP contribution in [0, 0.1) is 0 Å². The molecule has 1 fully saturated rings. The van der Waals surface area contributed by atoms with Gasteiger partial charge in [0.25, 0.3) is 0 Å². The smallest absolute Gasteiger partial charge is 0.191 e. The van der Waals surface area contributed by atoms with Gasteiger partial charge in [-0.05, 0) is 37.8 Å². The van der Waals surface area contributed by atoms with Gasteiger partial charge in [-0.2, -0.15) is 5.10 Å². The number of ether oxygens (including phenoxy) is 1. The summed E-state index contributed by atoms with van der Waals surface area (Å²) in [5.41, 5.74) is 1.21. The van der Waals surface area contributed by atoms with Crippen molar-refractivity contribution in [3.8, 4) is 5.75 Å². The maximum absolute atomic E-state index is 6.44. The molecule has 0 radical (unpaired) electrons. The number of hydrogen-bond acceptors (Lipinski definition) is 3. The molecule has 1 atom stereocenters. The summed E-state index contributed by atoms with van der Waals surface area (Å²) in [5.74, 6) is 1.84. The Morgan fingerprint density at radius 1 is 1.30 bits per heavy atom. The standard InChI is InChI=1S/C20H27N5O.HI/c1-21-19(22-12-14-25-13-6-11-23-25)24-17-15-20(9-4-5-10-20)26-18-8-3-2-7-16(17)18;/h2-3,6-8,11,13,17H,4-5,9-10,12,14-15H2,1H3,(H2,21,22,24);1H. The van der Waals surface area contributed by atoms with Gasteiger partial charge < -0.3 is 15.4 Å². The van der Waals surface area contributed by atoms with Crippen molar-refractivity contribution in [3.05, 3.63) is 48.3 Å². The summed E-state index contributed by atoms with van der Waals surface area (Å²) in [6.07, 6.45) is 9.56. The number of fused-ring (bicyclic) bond motifs is 1. The summed E-state index contributed by atoms with van der Waals surface area (Å²) in [6.45, 7) is 1.58. The zero-order valence-corrected chi connectivity index (χ0v) is 18.1. The highest BCUT2D eigenvalue weighted by Crippen LogP contribution is 2.46. The number of aliphatic imine (C=N–C) groups is 1. The number of benzene rings is 1. The first kappa shape index (κ1) is 20.0. The van der Waals surface area contributed by atoms with Gasteiger partial charge in [0.15, 0.2) is 5.96 Å². The molecular weight excluding hydrogens is 453 g/mol. The van der Waals surface area contributed by atoms with E-state index < -0.39 is 0 Å². The first-order valence-electron chi connectivity index (χ1n) is 9.51. The van der Waals surface area contributed by atoms with Crippen molar-refractivity contribution in [1.82, 2.24) is 20.4 Å². The van der Waals surface area contributed by atoms with Crippen LogP contribution in [0.4, 0.5) is 0 Å². The van der Waals surface area contributed by atoms with Crippen molar-refractivity contribution in [3.63, 3.8) is 0 Å². The molecule has 1 aromatic carbocycles. The molecule has 1 saturated carbocycles. The summed E-state index contributed by atoms with van der Waals surface area (Å²) in [5, 5.41) is 11.3. The highest BCUT2D eigenvalue weighted by atomic mass is 127. The van der Waals surface area contributed by atoms with E-state index in [0.29, 0.717) is 0 Å². The van der Waals surface area contributed by atoms with Crippen LogP contribution in [0.15, 0.2) is 47.7 Å². The molecule has 7 heteroatoms. The number of guanidine groups is 1. The Kier molecular flexibility index (Phi) is 6.62. The van der Waals surface area contributed by atoms with Gasteiger partial charge in [-0.3, -0.25) is 9.67 Å². The van der Waals surface area contributed by atoms with E-state index in [9.17, 15) is 0 Å². The van der Waals surface area contributed by atoms with Crippen LogP contribution in [0.3, 0.4) is 0 Å². The van der Waals surface area contributed by atoms with Crippen molar-refractivity contribution < 1.29 is 4.74 Å². The molecule has 1 spiro atoms. The van der Waals surface area contributed by atoms with Crippen LogP contribution >= 0.6 is 24.0 Å². The first-order valence-corrected chi connectivity index (χ1v) is 9.51. The highest BCUT2D eigenvalue weighted by molar-refractivity contribution is 14.0. The molecule has 4 rings (SSSR count). The molecular formula is C20H28IN5O. The summed E-state index contributed by atoms with van der Waals surface area (Å²) in [7, 11) is 1.82. The van der Waals surface area contributed by atoms with Crippen molar-refractivity contribution in [1.29, 1.82) is 0 Å². The van der Waals surface area contributed by atoms with E-state index in [2.05, 4.69) is 45.0 Å². The number of para-hydroxylation sites is 1. The SMILES string of the molecule is CN=C(NCCn1cccn1)NC1CC2(CCCC2)Oc2ccccc21.I. The molecule has 1 aromatic heterocycles. The second-order valence-corrected chi connectivity index (χ2v) is 7.20. The van der Waals surface area contributed by atoms with Crippen molar-refractivity contribution >= 4 is 29.9 Å². The fourth-order valence-corrected chi connectivity index (χ4v) is 4.15. The molecule has 1 aliphatic heterocycles. The molecule has 146 valence electrons. The van der Waals surface area contributed by atoms with Gasteiger partial charge in [0.1, 0.15) is 11.4 Å². The average molecular weight is 481 g/mol. The molecule has 1 aliphatic carbocycles. The van der Waals surface area contributed by atoms with Crippen LogP contribution in [0.5, 0.6) is 5.75 Å². The van der Waals surface area contributed by atoms with Crippen LogP contribution in [0.1, 0.15) is 43.7 Å². The van der Waals surface area contributed by atoms with E-state index in [1.165, 1.54) is 18.4 Å². The van der Waals surface area contributed by atoms with Gasteiger partial charge in [-0.1, -0.05) is 18.2 Å². The van der Waals surface area contributed by atoms with Gasteiger partial charge in [-0.15, -0.1) is 24.0 Å². The molecule has 1 unspecified atom stereocenters. The first-order chi connectivity index (χ1) is 12.8. The monoisotopic (exact) mass is 481 g/mol. The molecule has 2 aromatic rings. The molecule has 6 nitrogen and oxygen atoms in total. The lowest BCUT2D eigenvalue weighted by molar-refractivity contribution is 0.0396. The van der Waals surface area contributed by atoms with Crippen LogP contribution < -0.4 is 15.4 Å². The van der Waals surface area contributed by atoms with Crippen molar-refractivity contribution in [2.75, 3.05) is 13.6 Å². The zero-order chi connectivity index (χ0) is 17.8. The topological polar surface area (TPSA) is 63.5 Å². The average Bonchev–Trinajstić information content (AvgIpc) is 3.33. The molecule has 2 heterocycles. The minimum absolute atomic E-state index is 0. The van der Waals surface area contributed by atoms with Crippen molar-refractivity contribution in [2.24, 2.45) is 4.99 Å². The predicted molar refractivity (Wildman–Crippen MR) is 118 cm³/mol.